The first kappa shape index (κ1) is 9.21. The van der Waals surface area contributed by atoms with Crippen molar-refractivity contribution in [3.63, 3.8) is 0 Å². The van der Waals surface area contributed by atoms with Gasteiger partial charge in [-0.05, 0) is 12.1 Å². The quantitative estimate of drug-likeness (QED) is 0.775. The standard InChI is InChI=1S/C10H9N5/c11-6-8-1-2-13-9(5-8)7-15-4-3-14-10(15)12/h1-5H,7H2,(H2,12,14). The molecule has 0 fully saturated rings. The Morgan fingerprint density at radius 2 is 2.27 bits per heavy atom. The number of hydrogen-bond acceptors (Lipinski definition) is 4. The van der Waals surface area contributed by atoms with E-state index in [-0.39, 0.29) is 0 Å². The zero-order valence-corrected chi connectivity index (χ0v) is 7.96. The minimum atomic E-state index is 0.444. The van der Waals surface area contributed by atoms with Gasteiger partial charge in [-0.25, -0.2) is 4.98 Å². The van der Waals surface area contributed by atoms with Gasteiger partial charge in [0, 0.05) is 18.6 Å². The SMILES string of the molecule is N#Cc1ccnc(Cn2ccnc2N)c1. The van der Waals surface area contributed by atoms with Crippen molar-refractivity contribution in [2.45, 2.75) is 6.54 Å². The van der Waals surface area contributed by atoms with Crippen LogP contribution in [0.15, 0.2) is 30.7 Å². The fourth-order valence-electron chi connectivity index (χ4n) is 1.28. The highest BCUT2D eigenvalue weighted by Gasteiger charge is 2.01. The van der Waals surface area contributed by atoms with Gasteiger partial charge in [0.25, 0.3) is 0 Å². The highest BCUT2D eigenvalue weighted by molar-refractivity contribution is 5.29. The molecule has 0 unspecified atom stereocenters. The number of nitrogens with zero attached hydrogens (tertiary/aromatic N) is 4. The topological polar surface area (TPSA) is 80.5 Å². The number of imidazole rings is 1. The third-order valence-corrected chi connectivity index (χ3v) is 2.03. The number of aromatic nitrogens is 3. The van der Waals surface area contributed by atoms with Crippen LogP contribution in [0.4, 0.5) is 5.95 Å². The summed E-state index contributed by atoms with van der Waals surface area (Å²) in [6.45, 7) is 0.529. The largest absolute Gasteiger partial charge is 0.369 e. The Balaban J connectivity index is 2.25. The maximum Gasteiger partial charge on any atom is 0.200 e. The zero-order valence-electron chi connectivity index (χ0n) is 7.96. The summed E-state index contributed by atoms with van der Waals surface area (Å²) < 4.78 is 1.77. The van der Waals surface area contributed by atoms with Crippen molar-refractivity contribution in [1.82, 2.24) is 14.5 Å². The molecule has 0 aliphatic heterocycles. The van der Waals surface area contributed by atoms with E-state index >= 15 is 0 Å². The molecule has 2 N–H and O–H groups in total. The summed E-state index contributed by atoms with van der Waals surface area (Å²) in [5.74, 6) is 0.444. The first-order valence-electron chi connectivity index (χ1n) is 4.41. The monoisotopic (exact) mass is 199 g/mol. The summed E-state index contributed by atoms with van der Waals surface area (Å²) in [4.78, 5) is 8.05. The molecule has 0 aliphatic carbocycles. The second kappa shape index (κ2) is 3.80. The van der Waals surface area contributed by atoms with E-state index in [1.165, 1.54) is 0 Å². The Bertz CT molecular complexity index is 509. The molecule has 0 amide bonds. The zero-order chi connectivity index (χ0) is 10.7. The van der Waals surface area contributed by atoms with Crippen LogP contribution in [0, 0.1) is 11.3 Å². The number of pyridine rings is 1. The van der Waals surface area contributed by atoms with Gasteiger partial charge >= 0.3 is 0 Å². The highest BCUT2D eigenvalue weighted by Crippen LogP contribution is 2.05. The number of nitriles is 1. The molecule has 2 heterocycles. The predicted octanol–water partition coefficient (Wildman–Crippen LogP) is 0.780. The highest BCUT2D eigenvalue weighted by atomic mass is 15.1. The lowest BCUT2D eigenvalue weighted by Gasteiger charge is -2.03. The smallest absolute Gasteiger partial charge is 0.200 e. The molecule has 0 radical (unpaired) electrons. The van der Waals surface area contributed by atoms with Gasteiger partial charge in [0.2, 0.25) is 0 Å². The van der Waals surface area contributed by atoms with E-state index in [9.17, 15) is 0 Å². The van der Waals surface area contributed by atoms with E-state index in [2.05, 4.69) is 16.0 Å². The third kappa shape index (κ3) is 1.94. The van der Waals surface area contributed by atoms with Gasteiger partial charge in [-0.3, -0.25) is 4.98 Å². The number of rotatable bonds is 2. The minimum Gasteiger partial charge on any atom is -0.369 e. The van der Waals surface area contributed by atoms with Gasteiger partial charge in [0.15, 0.2) is 5.95 Å². The summed E-state index contributed by atoms with van der Waals surface area (Å²) in [6.07, 6.45) is 5.01. The fourth-order valence-corrected chi connectivity index (χ4v) is 1.28. The van der Waals surface area contributed by atoms with Crippen molar-refractivity contribution in [2.24, 2.45) is 0 Å². The van der Waals surface area contributed by atoms with Gasteiger partial charge in [0.1, 0.15) is 0 Å². The number of anilines is 1. The Morgan fingerprint density at radius 1 is 1.40 bits per heavy atom. The molecule has 2 rings (SSSR count). The number of nitrogens with two attached hydrogens (primary N) is 1. The number of nitrogen functional groups attached to an aromatic ring is 1. The first-order chi connectivity index (χ1) is 7.29. The van der Waals surface area contributed by atoms with Crippen molar-refractivity contribution in [2.75, 3.05) is 5.73 Å². The Morgan fingerprint density at radius 3 is 2.93 bits per heavy atom. The lowest BCUT2D eigenvalue weighted by molar-refractivity contribution is 0.785. The van der Waals surface area contributed by atoms with Crippen LogP contribution >= 0.6 is 0 Å². The fraction of sp³-hybridized carbons (Fsp3) is 0.100. The van der Waals surface area contributed by atoms with Crippen LogP contribution < -0.4 is 5.73 Å². The predicted molar refractivity (Wildman–Crippen MR) is 54.7 cm³/mol. The molecule has 2 aromatic heterocycles. The molecular formula is C10H9N5. The van der Waals surface area contributed by atoms with Gasteiger partial charge < -0.3 is 10.3 Å². The van der Waals surface area contributed by atoms with E-state index in [4.69, 9.17) is 11.0 Å². The van der Waals surface area contributed by atoms with Crippen molar-refractivity contribution in [1.29, 1.82) is 5.26 Å². The molecule has 5 heteroatoms. The molecule has 0 saturated carbocycles. The van der Waals surface area contributed by atoms with Crippen molar-refractivity contribution in [3.8, 4) is 6.07 Å². The average Bonchev–Trinajstić information content (AvgIpc) is 2.65. The van der Waals surface area contributed by atoms with Crippen LogP contribution in [0.2, 0.25) is 0 Å². The molecule has 0 saturated heterocycles. The third-order valence-electron chi connectivity index (χ3n) is 2.03. The summed E-state index contributed by atoms with van der Waals surface area (Å²) >= 11 is 0. The van der Waals surface area contributed by atoms with Crippen LogP contribution in [0.25, 0.3) is 0 Å². The second-order valence-corrected chi connectivity index (χ2v) is 3.06. The lowest BCUT2D eigenvalue weighted by atomic mass is 10.2. The lowest BCUT2D eigenvalue weighted by Crippen LogP contribution is -2.05. The average molecular weight is 199 g/mol. The molecule has 2 aromatic rings. The Kier molecular flexibility index (Phi) is 2.33. The maximum absolute atomic E-state index is 8.72. The van der Waals surface area contributed by atoms with Crippen LogP contribution in [0.5, 0.6) is 0 Å². The Labute approximate surface area is 86.8 Å². The number of hydrogen-bond donors (Lipinski definition) is 1. The van der Waals surface area contributed by atoms with Gasteiger partial charge in [-0.2, -0.15) is 5.26 Å². The Hall–Kier alpha value is -2.35. The molecule has 15 heavy (non-hydrogen) atoms. The van der Waals surface area contributed by atoms with E-state index in [0.717, 1.165) is 5.69 Å². The molecule has 0 aliphatic rings. The molecular weight excluding hydrogens is 190 g/mol. The summed E-state index contributed by atoms with van der Waals surface area (Å²) in [6, 6.07) is 5.47. The van der Waals surface area contributed by atoms with Crippen LogP contribution in [-0.4, -0.2) is 14.5 Å². The summed E-state index contributed by atoms with van der Waals surface area (Å²) in [5.41, 5.74) is 7.00. The molecule has 0 aromatic carbocycles. The first-order valence-corrected chi connectivity index (χ1v) is 4.41. The maximum atomic E-state index is 8.72. The van der Waals surface area contributed by atoms with Crippen molar-refractivity contribution < 1.29 is 0 Å². The van der Waals surface area contributed by atoms with Crippen LogP contribution in [-0.2, 0) is 6.54 Å². The molecule has 0 bridgehead atoms. The molecule has 5 nitrogen and oxygen atoms in total. The van der Waals surface area contributed by atoms with Crippen LogP contribution in [0.1, 0.15) is 11.3 Å². The van der Waals surface area contributed by atoms with Crippen molar-refractivity contribution >= 4 is 5.95 Å². The summed E-state index contributed by atoms with van der Waals surface area (Å²) in [7, 11) is 0. The van der Waals surface area contributed by atoms with Gasteiger partial charge in [-0.1, -0.05) is 0 Å². The van der Waals surface area contributed by atoms with E-state index in [0.29, 0.717) is 18.1 Å². The summed E-state index contributed by atoms with van der Waals surface area (Å²) in [5, 5.41) is 8.72. The minimum absolute atomic E-state index is 0.444. The van der Waals surface area contributed by atoms with E-state index in [1.807, 2.05) is 0 Å². The second-order valence-electron chi connectivity index (χ2n) is 3.06. The van der Waals surface area contributed by atoms with Gasteiger partial charge in [-0.15, -0.1) is 0 Å². The van der Waals surface area contributed by atoms with Gasteiger partial charge in [0.05, 0.1) is 23.9 Å². The molecule has 0 atom stereocenters. The molecule has 0 spiro atoms. The normalized spacial score (nSPS) is 9.80. The van der Waals surface area contributed by atoms with Crippen LogP contribution in [0.3, 0.4) is 0 Å². The van der Waals surface area contributed by atoms with E-state index < -0.39 is 0 Å². The van der Waals surface area contributed by atoms with E-state index in [1.54, 1.807) is 35.3 Å². The molecule has 74 valence electrons. The van der Waals surface area contributed by atoms with Crippen molar-refractivity contribution in [3.05, 3.63) is 42.0 Å².